The third kappa shape index (κ3) is 5.75. The molecule has 0 radical (unpaired) electrons. The van der Waals surface area contributed by atoms with Crippen LogP contribution in [0.5, 0.6) is 0 Å². The Hall–Kier alpha value is 0.220. The molecule has 1 aliphatic rings. The summed E-state index contributed by atoms with van der Waals surface area (Å²) in [7, 11) is -3.01. The van der Waals surface area contributed by atoms with Crippen LogP contribution in [-0.2, 0) is 14.8 Å². The third-order valence-electron chi connectivity index (χ3n) is 2.33. The number of sulfonamides is 1. The van der Waals surface area contributed by atoms with Crippen molar-refractivity contribution in [2.45, 2.75) is 25.0 Å². The second-order valence-electron chi connectivity index (χ2n) is 3.48. The summed E-state index contributed by atoms with van der Waals surface area (Å²) in [4.78, 5) is 0. The molecule has 0 atom stereocenters. The molecule has 1 saturated heterocycles. The molecule has 0 aromatic carbocycles. The SMILES string of the molecule is CCS(=O)(=O)NCCSC1CCOCC1. The van der Waals surface area contributed by atoms with Gasteiger partial charge >= 0.3 is 0 Å². The van der Waals surface area contributed by atoms with Crippen molar-refractivity contribution in [2.75, 3.05) is 31.3 Å². The predicted molar refractivity (Wildman–Crippen MR) is 63.8 cm³/mol. The molecule has 1 fully saturated rings. The van der Waals surface area contributed by atoms with Crippen LogP contribution in [0.2, 0.25) is 0 Å². The van der Waals surface area contributed by atoms with Crippen molar-refractivity contribution in [1.82, 2.24) is 4.72 Å². The summed E-state index contributed by atoms with van der Waals surface area (Å²) >= 11 is 1.84. The molecule has 0 amide bonds. The first-order chi connectivity index (χ1) is 7.14. The summed E-state index contributed by atoms with van der Waals surface area (Å²) in [5, 5.41) is 0.643. The Bertz CT molecular complexity index is 261. The highest BCUT2D eigenvalue weighted by molar-refractivity contribution is 8.00. The van der Waals surface area contributed by atoms with Gasteiger partial charge in [0.2, 0.25) is 10.0 Å². The first-order valence-electron chi connectivity index (χ1n) is 5.31. The summed E-state index contributed by atoms with van der Waals surface area (Å²) < 4.78 is 30.0. The monoisotopic (exact) mass is 253 g/mol. The maximum Gasteiger partial charge on any atom is 0.211 e. The van der Waals surface area contributed by atoms with Crippen molar-refractivity contribution < 1.29 is 13.2 Å². The van der Waals surface area contributed by atoms with Crippen LogP contribution >= 0.6 is 11.8 Å². The minimum Gasteiger partial charge on any atom is -0.381 e. The summed E-state index contributed by atoms with van der Waals surface area (Å²) in [5.41, 5.74) is 0. The van der Waals surface area contributed by atoms with E-state index in [0.29, 0.717) is 11.8 Å². The van der Waals surface area contributed by atoms with Crippen LogP contribution < -0.4 is 4.72 Å². The lowest BCUT2D eigenvalue weighted by Gasteiger charge is -2.21. The zero-order valence-electron chi connectivity index (χ0n) is 9.07. The summed E-state index contributed by atoms with van der Waals surface area (Å²) in [6, 6.07) is 0. The van der Waals surface area contributed by atoms with Gasteiger partial charge in [0.05, 0.1) is 5.75 Å². The Balaban J connectivity index is 2.06. The smallest absolute Gasteiger partial charge is 0.211 e. The van der Waals surface area contributed by atoms with Crippen LogP contribution in [0.1, 0.15) is 19.8 Å². The van der Waals surface area contributed by atoms with Gasteiger partial charge in [0.25, 0.3) is 0 Å². The number of ether oxygens (including phenoxy) is 1. The first-order valence-corrected chi connectivity index (χ1v) is 8.01. The normalized spacial score (nSPS) is 19.3. The van der Waals surface area contributed by atoms with Crippen LogP contribution in [0, 0.1) is 0 Å². The van der Waals surface area contributed by atoms with E-state index >= 15 is 0 Å². The minimum atomic E-state index is -3.01. The Morgan fingerprint density at radius 2 is 2.07 bits per heavy atom. The van der Waals surface area contributed by atoms with Crippen LogP contribution in [0.15, 0.2) is 0 Å². The van der Waals surface area contributed by atoms with Gasteiger partial charge in [0.15, 0.2) is 0 Å². The lowest BCUT2D eigenvalue weighted by Crippen LogP contribution is -2.28. The van der Waals surface area contributed by atoms with E-state index < -0.39 is 10.0 Å². The lowest BCUT2D eigenvalue weighted by atomic mass is 10.2. The Morgan fingerprint density at radius 1 is 1.40 bits per heavy atom. The van der Waals surface area contributed by atoms with Gasteiger partial charge in [-0.1, -0.05) is 0 Å². The van der Waals surface area contributed by atoms with Crippen molar-refractivity contribution in [1.29, 1.82) is 0 Å². The number of nitrogens with one attached hydrogen (secondary N) is 1. The molecule has 90 valence electrons. The predicted octanol–water partition coefficient (Wildman–Crippen LogP) is 0.838. The van der Waals surface area contributed by atoms with Gasteiger partial charge in [-0.15, -0.1) is 0 Å². The molecule has 0 bridgehead atoms. The fourth-order valence-electron chi connectivity index (χ4n) is 1.37. The van der Waals surface area contributed by atoms with Crippen molar-refractivity contribution in [2.24, 2.45) is 0 Å². The average molecular weight is 253 g/mol. The second-order valence-corrected chi connectivity index (χ2v) is 6.98. The van der Waals surface area contributed by atoms with Gasteiger partial charge in [0, 0.05) is 30.8 Å². The Labute approximate surface area is 96.2 Å². The van der Waals surface area contributed by atoms with E-state index in [9.17, 15) is 8.42 Å². The van der Waals surface area contributed by atoms with Gasteiger partial charge in [-0.3, -0.25) is 0 Å². The van der Waals surface area contributed by atoms with E-state index in [1.165, 1.54) is 0 Å². The average Bonchev–Trinajstić information content (AvgIpc) is 2.26. The zero-order chi connectivity index (χ0) is 11.1. The molecule has 0 aromatic rings. The Kier molecular flexibility index (Phi) is 5.96. The minimum absolute atomic E-state index is 0.162. The van der Waals surface area contributed by atoms with E-state index in [1.54, 1.807) is 6.92 Å². The molecule has 0 saturated carbocycles. The summed E-state index contributed by atoms with van der Waals surface area (Å²) in [6.07, 6.45) is 2.18. The van der Waals surface area contributed by atoms with Gasteiger partial charge < -0.3 is 4.74 Å². The maximum absolute atomic E-state index is 11.1. The van der Waals surface area contributed by atoms with E-state index in [4.69, 9.17) is 4.74 Å². The summed E-state index contributed by atoms with van der Waals surface area (Å²) in [6.45, 7) is 3.88. The van der Waals surface area contributed by atoms with Crippen LogP contribution in [-0.4, -0.2) is 44.9 Å². The van der Waals surface area contributed by atoms with Crippen molar-refractivity contribution in [3.63, 3.8) is 0 Å². The molecule has 0 aromatic heterocycles. The van der Waals surface area contributed by atoms with Crippen molar-refractivity contribution in [3.8, 4) is 0 Å². The molecule has 0 aliphatic carbocycles. The quantitative estimate of drug-likeness (QED) is 0.713. The molecule has 1 aliphatic heterocycles. The molecule has 0 unspecified atom stereocenters. The molecule has 0 spiro atoms. The van der Waals surface area contributed by atoms with Crippen molar-refractivity contribution in [3.05, 3.63) is 0 Å². The van der Waals surface area contributed by atoms with Crippen LogP contribution in [0.3, 0.4) is 0 Å². The molecular weight excluding hydrogens is 234 g/mol. The largest absolute Gasteiger partial charge is 0.381 e. The molecule has 1 rings (SSSR count). The molecule has 15 heavy (non-hydrogen) atoms. The van der Waals surface area contributed by atoms with Gasteiger partial charge in [-0.2, -0.15) is 11.8 Å². The first kappa shape index (κ1) is 13.3. The second kappa shape index (κ2) is 6.73. The van der Waals surface area contributed by atoms with Gasteiger partial charge in [-0.25, -0.2) is 13.1 Å². The standard InChI is InChI=1S/C9H19NO3S2/c1-2-15(11,12)10-5-8-14-9-3-6-13-7-4-9/h9-10H,2-8H2,1H3. The van der Waals surface area contributed by atoms with Crippen LogP contribution in [0.4, 0.5) is 0 Å². The van der Waals surface area contributed by atoms with Crippen molar-refractivity contribution >= 4 is 21.8 Å². The number of rotatable bonds is 6. The van der Waals surface area contributed by atoms with Gasteiger partial charge in [0.1, 0.15) is 0 Å². The highest BCUT2D eigenvalue weighted by Crippen LogP contribution is 2.21. The maximum atomic E-state index is 11.1. The third-order valence-corrected chi connectivity index (χ3v) is 5.11. The highest BCUT2D eigenvalue weighted by Gasteiger charge is 2.14. The van der Waals surface area contributed by atoms with E-state index in [0.717, 1.165) is 31.8 Å². The number of hydrogen-bond donors (Lipinski definition) is 1. The molecule has 6 heteroatoms. The fraction of sp³-hybridized carbons (Fsp3) is 1.00. The van der Waals surface area contributed by atoms with E-state index in [-0.39, 0.29) is 5.75 Å². The fourth-order valence-corrected chi connectivity index (χ4v) is 3.19. The topological polar surface area (TPSA) is 55.4 Å². The molecule has 1 heterocycles. The lowest BCUT2D eigenvalue weighted by molar-refractivity contribution is 0.100. The van der Waals surface area contributed by atoms with E-state index in [1.807, 2.05) is 11.8 Å². The number of thioether (sulfide) groups is 1. The molecular formula is C9H19NO3S2. The molecule has 4 nitrogen and oxygen atoms in total. The van der Waals surface area contributed by atoms with Crippen LogP contribution in [0.25, 0.3) is 0 Å². The van der Waals surface area contributed by atoms with E-state index in [2.05, 4.69) is 4.72 Å². The zero-order valence-corrected chi connectivity index (χ0v) is 10.7. The van der Waals surface area contributed by atoms with Gasteiger partial charge in [-0.05, 0) is 19.8 Å². The molecule has 1 N–H and O–H groups in total. The summed E-state index contributed by atoms with van der Waals surface area (Å²) in [5.74, 6) is 1.01. The Morgan fingerprint density at radius 3 is 2.67 bits per heavy atom. The highest BCUT2D eigenvalue weighted by atomic mass is 32.2. The number of hydrogen-bond acceptors (Lipinski definition) is 4.